The molecule has 0 saturated carbocycles. The SMILES string of the molecule is O=C(COc1ccc(N2N=N2)c(F)c1)Nc1ccc(Cl)c(C(F)F)c1. The van der Waals surface area contributed by atoms with Crippen molar-refractivity contribution in [2.45, 2.75) is 6.43 Å². The van der Waals surface area contributed by atoms with E-state index in [4.69, 9.17) is 16.3 Å². The fourth-order valence-corrected chi connectivity index (χ4v) is 2.19. The monoisotopic (exact) mass is 370 g/mol. The first kappa shape index (κ1) is 17.0. The van der Waals surface area contributed by atoms with Gasteiger partial charge in [-0.15, -0.1) is 5.12 Å². The first-order valence-electron chi connectivity index (χ1n) is 6.95. The van der Waals surface area contributed by atoms with Crippen LogP contribution in [0.1, 0.15) is 12.0 Å². The molecular weight excluding hydrogens is 361 g/mol. The topological polar surface area (TPSA) is 66.1 Å². The van der Waals surface area contributed by atoms with E-state index in [-0.39, 0.29) is 27.7 Å². The molecule has 0 spiro atoms. The van der Waals surface area contributed by atoms with Crippen LogP contribution in [0.25, 0.3) is 0 Å². The molecule has 2 aromatic rings. The van der Waals surface area contributed by atoms with E-state index in [0.29, 0.717) is 0 Å². The Balaban J connectivity index is 1.58. The molecule has 2 aromatic carbocycles. The standard InChI is InChI=1S/C15H10ClF3N4O2/c16-11-3-1-8(5-10(11)15(18)19)20-14(24)7-25-9-2-4-13(12(17)6-9)23-21-22-23/h1-6,15H,7H2,(H,20,24). The van der Waals surface area contributed by atoms with Crippen LogP contribution in [0.3, 0.4) is 0 Å². The molecule has 6 nitrogen and oxygen atoms in total. The fourth-order valence-electron chi connectivity index (χ4n) is 1.99. The Hall–Kier alpha value is -2.81. The molecule has 0 aliphatic carbocycles. The molecule has 1 heterocycles. The molecular formula is C15H10ClF3N4O2. The van der Waals surface area contributed by atoms with E-state index < -0.39 is 24.8 Å². The lowest BCUT2D eigenvalue weighted by atomic mass is 10.2. The number of halogens is 4. The van der Waals surface area contributed by atoms with E-state index >= 15 is 0 Å². The second-order valence-corrected chi connectivity index (χ2v) is 5.36. The van der Waals surface area contributed by atoms with E-state index in [1.165, 1.54) is 24.3 Å². The average Bonchev–Trinajstić information content (AvgIpc) is 3.39. The Labute approximate surface area is 144 Å². The van der Waals surface area contributed by atoms with Gasteiger partial charge in [-0.05, 0) is 40.8 Å². The lowest BCUT2D eigenvalue weighted by Gasteiger charge is -2.10. The zero-order valence-corrected chi connectivity index (χ0v) is 13.2. The van der Waals surface area contributed by atoms with Gasteiger partial charge in [0.2, 0.25) is 0 Å². The molecule has 0 fully saturated rings. The van der Waals surface area contributed by atoms with Crippen LogP contribution < -0.4 is 15.2 Å². The largest absolute Gasteiger partial charge is 0.484 e. The van der Waals surface area contributed by atoms with Crippen molar-refractivity contribution >= 4 is 28.9 Å². The van der Waals surface area contributed by atoms with E-state index in [1.807, 2.05) is 0 Å². The third kappa shape index (κ3) is 4.18. The van der Waals surface area contributed by atoms with Gasteiger partial charge in [-0.2, -0.15) is 0 Å². The number of anilines is 2. The third-order valence-electron chi connectivity index (χ3n) is 3.20. The maximum atomic E-state index is 13.7. The number of hydrogen-bond donors (Lipinski definition) is 1. The smallest absolute Gasteiger partial charge is 0.265 e. The molecule has 130 valence electrons. The highest BCUT2D eigenvalue weighted by Gasteiger charge is 2.19. The van der Waals surface area contributed by atoms with Crippen molar-refractivity contribution in [2.75, 3.05) is 17.0 Å². The Morgan fingerprint density at radius 1 is 1.24 bits per heavy atom. The van der Waals surface area contributed by atoms with Gasteiger partial charge in [0, 0.05) is 22.3 Å². The van der Waals surface area contributed by atoms with Crippen molar-refractivity contribution in [2.24, 2.45) is 10.4 Å². The van der Waals surface area contributed by atoms with Crippen LogP contribution in [0.15, 0.2) is 46.8 Å². The molecule has 0 saturated heterocycles. The summed E-state index contributed by atoms with van der Waals surface area (Å²) in [6.07, 6.45) is -2.76. The van der Waals surface area contributed by atoms with E-state index in [2.05, 4.69) is 15.8 Å². The zero-order chi connectivity index (χ0) is 18.0. The van der Waals surface area contributed by atoms with Crippen molar-refractivity contribution in [3.05, 3.63) is 52.8 Å². The van der Waals surface area contributed by atoms with E-state index in [1.54, 1.807) is 0 Å². The highest BCUT2D eigenvalue weighted by molar-refractivity contribution is 6.31. The summed E-state index contributed by atoms with van der Waals surface area (Å²) in [6.45, 7) is -0.427. The van der Waals surface area contributed by atoms with Gasteiger partial charge in [-0.25, -0.2) is 13.2 Å². The summed E-state index contributed by atoms with van der Waals surface area (Å²) in [4.78, 5) is 11.8. The number of nitrogens with one attached hydrogen (secondary N) is 1. The normalized spacial score (nSPS) is 12.4. The number of alkyl halides is 2. The van der Waals surface area contributed by atoms with Crippen molar-refractivity contribution in [1.29, 1.82) is 0 Å². The maximum Gasteiger partial charge on any atom is 0.265 e. The molecule has 3 rings (SSSR count). The molecule has 0 radical (unpaired) electrons. The Bertz CT molecular complexity index is 842. The Morgan fingerprint density at radius 3 is 2.64 bits per heavy atom. The van der Waals surface area contributed by atoms with Crippen molar-refractivity contribution in [3.63, 3.8) is 0 Å². The second kappa shape index (κ2) is 6.98. The summed E-state index contributed by atoms with van der Waals surface area (Å²) in [5, 5.41) is 10.3. The number of ether oxygens (including phenoxy) is 1. The van der Waals surface area contributed by atoms with Crippen LogP contribution in [0.5, 0.6) is 5.75 Å². The molecule has 0 unspecified atom stereocenters. The number of benzene rings is 2. The zero-order valence-electron chi connectivity index (χ0n) is 12.4. The highest BCUT2D eigenvalue weighted by atomic mass is 35.5. The summed E-state index contributed by atoms with van der Waals surface area (Å²) < 4.78 is 44.5. The van der Waals surface area contributed by atoms with Crippen LogP contribution in [0.2, 0.25) is 5.02 Å². The van der Waals surface area contributed by atoms with Crippen LogP contribution in [-0.2, 0) is 4.79 Å². The van der Waals surface area contributed by atoms with E-state index in [9.17, 15) is 18.0 Å². The predicted molar refractivity (Wildman–Crippen MR) is 84.3 cm³/mol. The molecule has 0 bridgehead atoms. The van der Waals surface area contributed by atoms with Crippen LogP contribution >= 0.6 is 11.6 Å². The number of nitrogens with zero attached hydrogens (tertiary/aromatic N) is 3. The predicted octanol–water partition coefficient (Wildman–Crippen LogP) is 4.54. The molecule has 1 aliphatic heterocycles. The summed E-state index contributed by atoms with van der Waals surface area (Å²) in [7, 11) is 0. The number of rotatable bonds is 6. The lowest BCUT2D eigenvalue weighted by molar-refractivity contribution is -0.118. The second-order valence-electron chi connectivity index (χ2n) is 4.96. The van der Waals surface area contributed by atoms with Gasteiger partial charge in [0.15, 0.2) is 12.4 Å². The van der Waals surface area contributed by atoms with Gasteiger partial charge >= 0.3 is 0 Å². The average molecular weight is 371 g/mol. The minimum Gasteiger partial charge on any atom is -0.484 e. The molecule has 25 heavy (non-hydrogen) atoms. The molecule has 0 atom stereocenters. The van der Waals surface area contributed by atoms with Crippen molar-refractivity contribution in [3.8, 4) is 5.75 Å². The number of amides is 1. The Morgan fingerprint density at radius 2 is 2.00 bits per heavy atom. The molecule has 1 N–H and O–H groups in total. The van der Waals surface area contributed by atoms with Crippen molar-refractivity contribution in [1.82, 2.24) is 0 Å². The minimum absolute atomic E-state index is 0.0929. The summed E-state index contributed by atoms with van der Waals surface area (Å²) >= 11 is 5.65. The number of carbonyl (C=O) groups is 1. The van der Waals surface area contributed by atoms with E-state index in [0.717, 1.165) is 17.3 Å². The first-order valence-corrected chi connectivity index (χ1v) is 7.33. The molecule has 10 heteroatoms. The summed E-state index contributed by atoms with van der Waals surface area (Å²) in [5.41, 5.74) is -0.0685. The van der Waals surface area contributed by atoms with Gasteiger partial charge in [0.1, 0.15) is 11.4 Å². The summed E-state index contributed by atoms with van der Waals surface area (Å²) in [6, 6.07) is 7.66. The Kier molecular flexibility index (Phi) is 4.75. The van der Waals surface area contributed by atoms with Gasteiger partial charge in [-0.1, -0.05) is 11.6 Å². The number of carbonyl (C=O) groups excluding carboxylic acids is 1. The summed E-state index contributed by atoms with van der Waals surface area (Å²) in [5.74, 6) is -1.08. The van der Waals surface area contributed by atoms with Gasteiger partial charge in [0.25, 0.3) is 12.3 Å². The minimum atomic E-state index is -2.76. The first-order chi connectivity index (χ1) is 11.9. The van der Waals surface area contributed by atoms with Crippen LogP contribution in [0.4, 0.5) is 24.5 Å². The molecule has 0 aromatic heterocycles. The fraction of sp³-hybridized carbons (Fsp3) is 0.133. The number of hydrogen-bond acceptors (Lipinski definition) is 5. The van der Waals surface area contributed by atoms with Gasteiger partial charge < -0.3 is 10.1 Å². The van der Waals surface area contributed by atoms with Gasteiger partial charge in [0.05, 0.1) is 0 Å². The maximum absolute atomic E-state index is 13.7. The van der Waals surface area contributed by atoms with Crippen molar-refractivity contribution < 1.29 is 22.7 Å². The van der Waals surface area contributed by atoms with Gasteiger partial charge in [-0.3, -0.25) is 4.79 Å². The highest BCUT2D eigenvalue weighted by Crippen LogP contribution is 2.30. The van der Waals surface area contributed by atoms with Crippen LogP contribution in [-0.4, -0.2) is 12.5 Å². The lowest BCUT2D eigenvalue weighted by Crippen LogP contribution is -2.20. The third-order valence-corrected chi connectivity index (χ3v) is 3.54. The molecule has 1 aliphatic rings. The van der Waals surface area contributed by atoms with Crippen LogP contribution in [0, 0.1) is 5.82 Å². The quantitative estimate of drug-likeness (QED) is 0.812. The molecule has 1 amide bonds.